The van der Waals surface area contributed by atoms with Crippen LogP contribution in [-0.2, 0) is 25.9 Å². The van der Waals surface area contributed by atoms with Crippen LogP contribution in [0.1, 0.15) is 41.2 Å². The van der Waals surface area contributed by atoms with Crippen LogP contribution in [0.25, 0.3) is 0 Å². The highest BCUT2D eigenvalue weighted by Crippen LogP contribution is 2.16. The quantitative estimate of drug-likeness (QED) is 0.873. The zero-order valence-corrected chi connectivity index (χ0v) is 13.7. The first-order valence-electron chi connectivity index (χ1n) is 8.23. The van der Waals surface area contributed by atoms with Crippen LogP contribution in [0.3, 0.4) is 0 Å². The van der Waals surface area contributed by atoms with Gasteiger partial charge in [0.2, 0.25) is 0 Å². The van der Waals surface area contributed by atoms with Gasteiger partial charge in [-0.05, 0) is 30.9 Å². The molecule has 0 bridgehead atoms. The fraction of sp³-hybridized carbons (Fsp3) is 0.471. The van der Waals surface area contributed by atoms with Crippen molar-refractivity contribution in [2.75, 3.05) is 6.54 Å². The Labute approximate surface area is 136 Å². The molecule has 0 radical (unpaired) electrons. The minimum Gasteiger partial charge on any atom is -0.349 e. The largest absolute Gasteiger partial charge is 0.349 e. The van der Waals surface area contributed by atoms with Gasteiger partial charge in [-0.25, -0.2) is 4.68 Å². The van der Waals surface area contributed by atoms with Crippen molar-refractivity contribution in [3.63, 3.8) is 0 Å². The third kappa shape index (κ3) is 3.27. The molecule has 1 amide bonds. The van der Waals surface area contributed by atoms with Crippen molar-refractivity contribution in [3.8, 4) is 0 Å². The minimum atomic E-state index is -0.137. The van der Waals surface area contributed by atoms with Gasteiger partial charge >= 0.3 is 0 Å². The summed E-state index contributed by atoms with van der Waals surface area (Å²) in [5.74, 6) is -0.137. The molecule has 2 N–H and O–H groups in total. The molecule has 2 heterocycles. The Balaban J connectivity index is 1.61. The number of aromatic nitrogens is 3. The van der Waals surface area contributed by atoms with Crippen LogP contribution in [0.15, 0.2) is 24.3 Å². The van der Waals surface area contributed by atoms with E-state index >= 15 is 0 Å². The Morgan fingerprint density at radius 3 is 2.87 bits per heavy atom. The lowest BCUT2D eigenvalue weighted by molar-refractivity contribution is 0.0943. The van der Waals surface area contributed by atoms with Gasteiger partial charge in [-0.3, -0.25) is 4.79 Å². The van der Waals surface area contributed by atoms with Gasteiger partial charge in [0.05, 0.1) is 5.69 Å². The van der Waals surface area contributed by atoms with Crippen molar-refractivity contribution in [1.29, 1.82) is 0 Å². The zero-order valence-electron chi connectivity index (χ0n) is 13.7. The molecule has 0 fully saturated rings. The molecule has 1 aromatic carbocycles. The van der Waals surface area contributed by atoms with Gasteiger partial charge in [0.25, 0.3) is 5.91 Å². The van der Waals surface area contributed by atoms with Crippen LogP contribution >= 0.6 is 0 Å². The maximum atomic E-state index is 12.4. The molecule has 6 heteroatoms. The summed E-state index contributed by atoms with van der Waals surface area (Å²) in [6.45, 7) is 6.18. The molecule has 122 valence electrons. The Morgan fingerprint density at radius 1 is 1.35 bits per heavy atom. The highest BCUT2D eigenvalue weighted by molar-refractivity contribution is 5.93. The van der Waals surface area contributed by atoms with Crippen molar-refractivity contribution in [2.45, 2.75) is 45.8 Å². The van der Waals surface area contributed by atoms with Crippen molar-refractivity contribution in [2.24, 2.45) is 0 Å². The second-order valence-electron chi connectivity index (χ2n) is 5.81. The molecule has 1 aliphatic heterocycles. The average molecular weight is 313 g/mol. The van der Waals surface area contributed by atoms with E-state index in [2.05, 4.69) is 45.2 Å². The number of benzene rings is 1. The Bertz CT molecular complexity index is 694. The summed E-state index contributed by atoms with van der Waals surface area (Å²) in [7, 11) is 0. The van der Waals surface area contributed by atoms with Gasteiger partial charge in [-0.2, -0.15) is 0 Å². The number of amides is 1. The van der Waals surface area contributed by atoms with Crippen LogP contribution in [0.4, 0.5) is 0 Å². The average Bonchev–Trinajstić information content (AvgIpc) is 3.02. The lowest BCUT2D eigenvalue weighted by atomic mass is 9.96. The van der Waals surface area contributed by atoms with E-state index < -0.39 is 0 Å². The molecule has 6 nitrogen and oxygen atoms in total. The van der Waals surface area contributed by atoms with Gasteiger partial charge in [0.1, 0.15) is 0 Å². The standard InChI is InChI=1S/C17H23N5O/c1-3-15-16(20-21-22(15)4-2)17(23)19-11-14-9-12-7-5-6-8-13(12)10-18-14/h5-8,14,18H,3-4,9-11H2,1-2H3,(H,19,23). The Hall–Kier alpha value is -2.21. The number of rotatable bonds is 5. The molecule has 23 heavy (non-hydrogen) atoms. The number of carbonyl (C=O) groups excluding carboxylic acids is 1. The first-order valence-corrected chi connectivity index (χ1v) is 8.23. The smallest absolute Gasteiger partial charge is 0.273 e. The summed E-state index contributed by atoms with van der Waals surface area (Å²) < 4.78 is 1.78. The second kappa shape index (κ2) is 6.91. The summed E-state index contributed by atoms with van der Waals surface area (Å²) in [5.41, 5.74) is 4.04. The van der Waals surface area contributed by atoms with Crippen LogP contribution < -0.4 is 10.6 Å². The van der Waals surface area contributed by atoms with E-state index in [9.17, 15) is 4.79 Å². The first-order chi connectivity index (χ1) is 11.2. The predicted octanol–water partition coefficient (Wildman–Crippen LogP) is 1.30. The van der Waals surface area contributed by atoms with Crippen molar-refractivity contribution >= 4 is 5.91 Å². The zero-order chi connectivity index (χ0) is 16.2. The molecule has 1 unspecified atom stereocenters. The third-order valence-electron chi connectivity index (χ3n) is 4.36. The third-order valence-corrected chi connectivity index (χ3v) is 4.36. The van der Waals surface area contributed by atoms with Gasteiger partial charge in [-0.1, -0.05) is 36.4 Å². The highest BCUT2D eigenvalue weighted by atomic mass is 16.2. The molecule has 3 rings (SSSR count). The lowest BCUT2D eigenvalue weighted by Gasteiger charge is -2.26. The number of nitrogens with zero attached hydrogens (tertiary/aromatic N) is 3. The highest BCUT2D eigenvalue weighted by Gasteiger charge is 2.21. The lowest BCUT2D eigenvalue weighted by Crippen LogP contribution is -2.44. The molecule has 0 spiro atoms. The van der Waals surface area contributed by atoms with E-state index in [4.69, 9.17) is 0 Å². The molecule has 0 saturated carbocycles. The van der Waals surface area contributed by atoms with E-state index in [1.54, 1.807) is 4.68 Å². The van der Waals surface area contributed by atoms with E-state index in [1.807, 2.05) is 13.8 Å². The number of aryl methyl sites for hydroxylation is 1. The molecule has 0 aliphatic carbocycles. The number of nitrogens with one attached hydrogen (secondary N) is 2. The number of hydrogen-bond acceptors (Lipinski definition) is 4. The summed E-state index contributed by atoms with van der Waals surface area (Å²) in [6, 6.07) is 8.68. The van der Waals surface area contributed by atoms with Gasteiger partial charge in [-0.15, -0.1) is 5.10 Å². The van der Waals surface area contributed by atoms with Gasteiger partial charge < -0.3 is 10.6 Å². The summed E-state index contributed by atoms with van der Waals surface area (Å²) in [4.78, 5) is 12.4. The topological polar surface area (TPSA) is 71.8 Å². The monoisotopic (exact) mass is 313 g/mol. The van der Waals surface area contributed by atoms with Gasteiger partial charge in [0.15, 0.2) is 5.69 Å². The first kappa shape index (κ1) is 15.7. The van der Waals surface area contributed by atoms with Crippen molar-refractivity contribution in [1.82, 2.24) is 25.6 Å². The molecule has 1 aromatic heterocycles. The Kier molecular flexibility index (Phi) is 4.71. The van der Waals surface area contributed by atoms with Crippen molar-refractivity contribution in [3.05, 3.63) is 46.8 Å². The SMILES string of the molecule is CCc1c(C(=O)NCC2Cc3ccccc3CN2)nnn1CC. The number of fused-ring (bicyclic) bond motifs is 1. The molecule has 1 aliphatic rings. The maximum absolute atomic E-state index is 12.4. The molecule has 2 aromatic rings. The fourth-order valence-electron chi connectivity index (χ4n) is 3.08. The Morgan fingerprint density at radius 2 is 2.13 bits per heavy atom. The maximum Gasteiger partial charge on any atom is 0.273 e. The van der Waals surface area contributed by atoms with Crippen LogP contribution in [-0.4, -0.2) is 33.5 Å². The van der Waals surface area contributed by atoms with Gasteiger partial charge in [0, 0.05) is 25.7 Å². The van der Waals surface area contributed by atoms with E-state index in [-0.39, 0.29) is 11.9 Å². The summed E-state index contributed by atoms with van der Waals surface area (Å²) in [5, 5.41) is 14.5. The van der Waals surface area contributed by atoms with Crippen LogP contribution in [0, 0.1) is 0 Å². The van der Waals surface area contributed by atoms with E-state index in [0.29, 0.717) is 12.2 Å². The number of hydrogen-bond donors (Lipinski definition) is 2. The van der Waals surface area contributed by atoms with E-state index in [0.717, 1.165) is 31.6 Å². The summed E-state index contributed by atoms with van der Waals surface area (Å²) in [6.07, 6.45) is 1.68. The normalized spacial score (nSPS) is 16.9. The molecule has 1 atom stereocenters. The molecular formula is C17H23N5O. The number of carbonyl (C=O) groups is 1. The van der Waals surface area contributed by atoms with Crippen molar-refractivity contribution < 1.29 is 4.79 Å². The van der Waals surface area contributed by atoms with E-state index in [1.165, 1.54) is 11.1 Å². The predicted molar refractivity (Wildman–Crippen MR) is 88.2 cm³/mol. The second-order valence-corrected chi connectivity index (χ2v) is 5.81. The fourth-order valence-corrected chi connectivity index (χ4v) is 3.08. The molecule has 0 saturated heterocycles. The molecular weight excluding hydrogens is 290 g/mol. The van der Waals surface area contributed by atoms with Crippen LogP contribution in [0.5, 0.6) is 0 Å². The summed E-state index contributed by atoms with van der Waals surface area (Å²) >= 11 is 0. The van der Waals surface area contributed by atoms with Crippen LogP contribution in [0.2, 0.25) is 0 Å². The minimum absolute atomic E-state index is 0.137.